The van der Waals surface area contributed by atoms with Gasteiger partial charge in [0.2, 0.25) is 0 Å². The Labute approximate surface area is 108 Å². The number of aliphatic carboxylic acids is 1. The molecule has 19 heavy (non-hydrogen) atoms. The fraction of sp³-hybridized carbons (Fsp3) is 0.308. The molecule has 0 spiro atoms. The van der Waals surface area contributed by atoms with Gasteiger partial charge in [-0.25, -0.2) is 0 Å². The van der Waals surface area contributed by atoms with Crippen molar-refractivity contribution in [2.45, 2.75) is 18.9 Å². The first kappa shape index (κ1) is 15.2. The molecule has 1 rings (SSSR count). The maximum Gasteiger partial charge on any atom is 0.405 e. The van der Waals surface area contributed by atoms with Crippen LogP contribution in [0.3, 0.4) is 0 Å². The molecule has 0 aliphatic carbocycles. The molecule has 0 fully saturated rings. The van der Waals surface area contributed by atoms with Gasteiger partial charge in [-0.2, -0.15) is 13.2 Å². The van der Waals surface area contributed by atoms with Gasteiger partial charge in [-0.15, -0.1) is 6.58 Å². The Morgan fingerprint density at radius 3 is 2.37 bits per heavy atom. The molecule has 0 radical (unpaired) electrons. The van der Waals surface area contributed by atoms with Gasteiger partial charge in [-0.3, -0.25) is 4.79 Å². The Hall–Kier alpha value is -1.82. The normalized spacial score (nSPS) is 14.7. The highest BCUT2D eigenvalue weighted by molar-refractivity contribution is 5.72. The molecule has 0 aromatic heterocycles. The molecular formula is C13H13F3O3. The molecule has 2 atom stereocenters. The number of ether oxygens (including phenoxy) is 1. The van der Waals surface area contributed by atoms with E-state index in [4.69, 9.17) is 9.84 Å². The van der Waals surface area contributed by atoms with Crippen molar-refractivity contribution >= 4 is 5.97 Å². The summed E-state index contributed by atoms with van der Waals surface area (Å²) in [4.78, 5) is 10.7. The molecule has 3 nitrogen and oxygen atoms in total. The minimum absolute atomic E-state index is 0.114. The van der Waals surface area contributed by atoms with Gasteiger partial charge in [-0.05, 0) is 5.56 Å². The quantitative estimate of drug-likeness (QED) is 0.811. The summed E-state index contributed by atoms with van der Waals surface area (Å²) in [6, 6.07) is 8.51. The third kappa shape index (κ3) is 4.40. The van der Waals surface area contributed by atoms with Crippen LogP contribution in [-0.4, -0.2) is 23.4 Å². The maximum atomic E-state index is 12.6. The van der Waals surface area contributed by atoms with E-state index in [0.717, 1.165) is 6.08 Å². The van der Waals surface area contributed by atoms with Gasteiger partial charge in [0.15, 0.2) is 5.92 Å². The van der Waals surface area contributed by atoms with Crippen molar-refractivity contribution < 1.29 is 27.8 Å². The average Bonchev–Trinajstić information content (AvgIpc) is 2.33. The summed E-state index contributed by atoms with van der Waals surface area (Å²) in [5, 5.41) is 8.66. The third-order valence-electron chi connectivity index (χ3n) is 2.46. The van der Waals surface area contributed by atoms with Crippen molar-refractivity contribution in [3.05, 3.63) is 48.6 Å². The molecule has 0 saturated heterocycles. The molecular weight excluding hydrogens is 261 g/mol. The summed E-state index contributed by atoms with van der Waals surface area (Å²) in [6.45, 7) is 3.09. The zero-order chi connectivity index (χ0) is 14.5. The summed E-state index contributed by atoms with van der Waals surface area (Å²) in [5.41, 5.74) is 0.653. The second kappa shape index (κ2) is 6.38. The van der Waals surface area contributed by atoms with Crippen molar-refractivity contribution in [3.8, 4) is 0 Å². The lowest BCUT2D eigenvalue weighted by Crippen LogP contribution is -2.40. The highest BCUT2D eigenvalue weighted by atomic mass is 19.4. The molecule has 1 aromatic carbocycles. The minimum Gasteiger partial charge on any atom is -0.481 e. The molecule has 1 aromatic rings. The fourth-order valence-electron chi connectivity index (χ4n) is 1.53. The zero-order valence-corrected chi connectivity index (χ0v) is 9.93. The van der Waals surface area contributed by atoms with E-state index in [1.54, 1.807) is 30.3 Å². The summed E-state index contributed by atoms with van der Waals surface area (Å²) in [7, 11) is 0. The van der Waals surface area contributed by atoms with Crippen molar-refractivity contribution in [3.63, 3.8) is 0 Å². The topological polar surface area (TPSA) is 46.5 Å². The maximum absolute atomic E-state index is 12.6. The van der Waals surface area contributed by atoms with Crippen LogP contribution in [0.25, 0.3) is 0 Å². The van der Waals surface area contributed by atoms with E-state index >= 15 is 0 Å². The van der Waals surface area contributed by atoms with E-state index in [9.17, 15) is 18.0 Å². The van der Waals surface area contributed by atoms with Crippen LogP contribution in [0.15, 0.2) is 43.0 Å². The molecule has 0 aliphatic rings. The first-order valence-corrected chi connectivity index (χ1v) is 5.44. The van der Waals surface area contributed by atoms with Gasteiger partial charge in [0.25, 0.3) is 0 Å². The Morgan fingerprint density at radius 1 is 1.37 bits per heavy atom. The molecule has 6 heteroatoms. The summed E-state index contributed by atoms with van der Waals surface area (Å²) < 4.78 is 42.9. The molecule has 0 amide bonds. The van der Waals surface area contributed by atoms with Crippen molar-refractivity contribution in [2.75, 3.05) is 0 Å². The van der Waals surface area contributed by atoms with Gasteiger partial charge >= 0.3 is 12.1 Å². The summed E-state index contributed by atoms with van der Waals surface area (Å²) >= 11 is 0. The lowest BCUT2D eigenvalue weighted by Gasteiger charge is -2.23. The fourth-order valence-corrected chi connectivity index (χ4v) is 1.53. The monoisotopic (exact) mass is 274 g/mol. The van der Waals surface area contributed by atoms with Crippen LogP contribution in [0.4, 0.5) is 13.2 Å². The predicted molar refractivity (Wildman–Crippen MR) is 62.4 cm³/mol. The average molecular weight is 274 g/mol. The van der Waals surface area contributed by atoms with Crippen LogP contribution in [0.5, 0.6) is 0 Å². The molecule has 1 N–H and O–H groups in total. The second-order valence-corrected chi connectivity index (χ2v) is 3.85. The van der Waals surface area contributed by atoms with E-state index in [0.29, 0.717) is 5.56 Å². The van der Waals surface area contributed by atoms with E-state index in [1.807, 2.05) is 0 Å². The van der Waals surface area contributed by atoms with Gasteiger partial charge in [-0.1, -0.05) is 36.4 Å². The summed E-state index contributed by atoms with van der Waals surface area (Å²) in [5.74, 6) is -4.60. The SMILES string of the molecule is C=CC(OCc1ccccc1)C(C(=O)O)C(F)(F)F. The number of carboxylic acids is 1. The van der Waals surface area contributed by atoms with Gasteiger partial charge in [0, 0.05) is 0 Å². The number of hydrogen-bond acceptors (Lipinski definition) is 2. The van der Waals surface area contributed by atoms with Gasteiger partial charge in [0.1, 0.15) is 0 Å². The van der Waals surface area contributed by atoms with E-state index in [1.165, 1.54) is 0 Å². The third-order valence-corrected chi connectivity index (χ3v) is 2.46. The van der Waals surface area contributed by atoms with Crippen LogP contribution >= 0.6 is 0 Å². The number of carboxylic acid groups (broad SMARTS) is 1. The van der Waals surface area contributed by atoms with Crippen LogP contribution in [0.2, 0.25) is 0 Å². The first-order valence-electron chi connectivity index (χ1n) is 5.44. The van der Waals surface area contributed by atoms with E-state index in [-0.39, 0.29) is 6.61 Å². The number of benzene rings is 1. The molecule has 0 heterocycles. The van der Waals surface area contributed by atoms with Gasteiger partial charge in [0.05, 0.1) is 12.7 Å². The zero-order valence-electron chi connectivity index (χ0n) is 9.93. The van der Waals surface area contributed by atoms with Crippen LogP contribution < -0.4 is 0 Å². The van der Waals surface area contributed by atoms with Crippen LogP contribution in [-0.2, 0) is 16.1 Å². The Balaban J connectivity index is 2.76. The Bertz CT molecular complexity index is 429. The number of hydrogen-bond donors (Lipinski definition) is 1. The lowest BCUT2D eigenvalue weighted by atomic mass is 10.0. The Kier molecular flexibility index (Phi) is 5.11. The number of carbonyl (C=O) groups is 1. The second-order valence-electron chi connectivity index (χ2n) is 3.85. The minimum atomic E-state index is -4.89. The van der Waals surface area contributed by atoms with Crippen LogP contribution in [0.1, 0.15) is 5.56 Å². The Morgan fingerprint density at radius 2 is 1.95 bits per heavy atom. The molecule has 0 saturated carbocycles. The molecule has 0 aliphatic heterocycles. The first-order chi connectivity index (χ1) is 8.86. The highest BCUT2D eigenvalue weighted by Crippen LogP contribution is 2.31. The molecule has 0 bridgehead atoms. The lowest BCUT2D eigenvalue weighted by molar-refractivity contribution is -0.212. The number of halogens is 3. The molecule has 104 valence electrons. The largest absolute Gasteiger partial charge is 0.481 e. The van der Waals surface area contributed by atoms with Gasteiger partial charge < -0.3 is 9.84 Å². The smallest absolute Gasteiger partial charge is 0.405 e. The van der Waals surface area contributed by atoms with E-state index in [2.05, 4.69) is 6.58 Å². The van der Waals surface area contributed by atoms with Crippen molar-refractivity contribution in [1.29, 1.82) is 0 Å². The van der Waals surface area contributed by atoms with Crippen LogP contribution in [0, 0.1) is 5.92 Å². The van der Waals surface area contributed by atoms with E-state index < -0.39 is 24.2 Å². The number of rotatable bonds is 6. The van der Waals surface area contributed by atoms with Crippen molar-refractivity contribution in [2.24, 2.45) is 5.92 Å². The molecule has 2 unspecified atom stereocenters. The predicted octanol–water partition coefficient (Wildman–Crippen LogP) is 3.02. The standard InChI is InChI=1S/C13H13F3O3/c1-2-10(11(12(17)18)13(14,15)16)19-8-9-6-4-3-5-7-9/h2-7,10-11H,1,8H2,(H,17,18). The summed E-state index contributed by atoms with van der Waals surface area (Å²) in [6.07, 6.45) is -5.66. The van der Waals surface area contributed by atoms with Crippen molar-refractivity contribution in [1.82, 2.24) is 0 Å². The highest BCUT2D eigenvalue weighted by Gasteiger charge is 2.49. The number of alkyl halides is 3.